The van der Waals surface area contributed by atoms with Gasteiger partial charge < -0.3 is 18.9 Å². The predicted molar refractivity (Wildman–Crippen MR) is 118 cm³/mol. The van der Waals surface area contributed by atoms with E-state index >= 15 is 0 Å². The van der Waals surface area contributed by atoms with Crippen LogP contribution in [0.4, 0.5) is 0 Å². The topological polar surface area (TPSA) is 132 Å². The summed E-state index contributed by atoms with van der Waals surface area (Å²) in [5.41, 5.74) is 0.667. The second-order valence-electron chi connectivity index (χ2n) is 6.35. The Balaban J connectivity index is 1.68. The van der Waals surface area contributed by atoms with Crippen molar-refractivity contribution in [3.8, 4) is 17.4 Å². The molecule has 14 heteroatoms. The van der Waals surface area contributed by atoms with Crippen LogP contribution in [0.3, 0.4) is 0 Å². The number of halogens is 1. The van der Waals surface area contributed by atoms with Gasteiger partial charge in [-0.05, 0) is 28.3 Å². The zero-order valence-corrected chi connectivity index (χ0v) is 19.3. The van der Waals surface area contributed by atoms with Gasteiger partial charge in [-0.25, -0.2) is 19.9 Å². The maximum atomic E-state index is 5.88. The van der Waals surface area contributed by atoms with Crippen LogP contribution < -0.4 is 9.47 Å². The van der Waals surface area contributed by atoms with Gasteiger partial charge in [0.15, 0.2) is 11.5 Å². The summed E-state index contributed by atoms with van der Waals surface area (Å²) in [6, 6.07) is 3.62. The molecule has 0 aliphatic carbocycles. The van der Waals surface area contributed by atoms with Gasteiger partial charge in [0.2, 0.25) is 5.16 Å². The minimum absolute atomic E-state index is 0.280. The number of methoxy groups -OCH3 is 2. The summed E-state index contributed by atoms with van der Waals surface area (Å²) in [7, 11) is 3.22. The van der Waals surface area contributed by atoms with Crippen molar-refractivity contribution in [2.24, 2.45) is 0 Å². The van der Waals surface area contributed by atoms with Crippen LogP contribution in [0, 0.1) is 0 Å². The van der Waals surface area contributed by atoms with Crippen LogP contribution in [0.25, 0.3) is 16.9 Å². The number of rotatable bonds is 11. The number of hydrogen-bond donors (Lipinski definition) is 0. The molecule has 172 valence electrons. The van der Waals surface area contributed by atoms with Crippen LogP contribution in [0.15, 0.2) is 41.0 Å². The Hall–Kier alpha value is -3.13. The molecule has 0 amide bonds. The Bertz CT molecular complexity index is 1210. The Morgan fingerprint density at radius 3 is 2.30 bits per heavy atom. The quantitative estimate of drug-likeness (QED) is 0.225. The van der Waals surface area contributed by atoms with Crippen molar-refractivity contribution < 1.29 is 18.9 Å². The number of fused-ring (bicyclic) bond motifs is 1. The van der Waals surface area contributed by atoms with Gasteiger partial charge >= 0.3 is 0 Å². The zero-order chi connectivity index (χ0) is 23.0. The SMILES string of the molecule is COCCOc1cc2ncnc(Sc3nnnn3-c3ncc(Cl)cn3)c2cc1OCCOC. The van der Waals surface area contributed by atoms with Gasteiger partial charge in [-0.3, -0.25) is 0 Å². The summed E-state index contributed by atoms with van der Waals surface area (Å²) in [6.45, 7) is 1.59. The van der Waals surface area contributed by atoms with E-state index in [1.165, 1.54) is 35.2 Å². The number of aromatic nitrogens is 8. The maximum Gasteiger partial charge on any atom is 0.254 e. The summed E-state index contributed by atoms with van der Waals surface area (Å²) in [5, 5.41) is 14.0. The maximum absolute atomic E-state index is 5.88. The van der Waals surface area contributed by atoms with Crippen molar-refractivity contribution in [2.75, 3.05) is 40.6 Å². The molecular weight excluding hydrogens is 472 g/mol. The van der Waals surface area contributed by atoms with Gasteiger partial charge in [-0.1, -0.05) is 11.6 Å². The highest BCUT2D eigenvalue weighted by molar-refractivity contribution is 7.99. The largest absolute Gasteiger partial charge is 0.487 e. The van der Waals surface area contributed by atoms with Crippen LogP contribution in [-0.4, -0.2) is 80.8 Å². The molecule has 0 fully saturated rings. The van der Waals surface area contributed by atoms with Gasteiger partial charge in [0.25, 0.3) is 5.95 Å². The summed E-state index contributed by atoms with van der Waals surface area (Å²) in [5.74, 6) is 1.36. The van der Waals surface area contributed by atoms with Crippen molar-refractivity contribution >= 4 is 34.3 Å². The summed E-state index contributed by atoms with van der Waals surface area (Å²) in [6.07, 6.45) is 4.39. The monoisotopic (exact) mass is 490 g/mol. The third kappa shape index (κ3) is 5.63. The van der Waals surface area contributed by atoms with E-state index in [1.54, 1.807) is 20.3 Å². The lowest BCUT2D eigenvalue weighted by Gasteiger charge is -2.14. The fraction of sp³-hybridized carbons (Fsp3) is 0.316. The summed E-state index contributed by atoms with van der Waals surface area (Å²) in [4.78, 5) is 17.1. The highest BCUT2D eigenvalue weighted by Crippen LogP contribution is 2.37. The van der Waals surface area contributed by atoms with E-state index < -0.39 is 0 Å². The average Bonchev–Trinajstić information content (AvgIpc) is 3.28. The second-order valence-corrected chi connectivity index (χ2v) is 7.75. The minimum atomic E-state index is 0.280. The van der Waals surface area contributed by atoms with Gasteiger partial charge in [-0.2, -0.15) is 4.68 Å². The summed E-state index contributed by atoms with van der Waals surface area (Å²) < 4.78 is 23.3. The van der Waals surface area contributed by atoms with Crippen molar-refractivity contribution in [1.29, 1.82) is 0 Å². The molecule has 0 atom stereocenters. The van der Waals surface area contributed by atoms with Crippen LogP contribution in [-0.2, 0) is 9.47 Å². The molecule has 0 aliphatic rings. The number of ether oxygens (including phenoxy) is 4. The highest BCUT2D eigenvalue weighted by Gasteiger charge is 2.17. The first-order valence-corrected chi connectivity index (χ1v) is 10.9. The third-order valence-electron chi connectivity index (χ3n) is 4.18. The number of benzene rings is 1. The predicted octanol–water partition coefficient (Wildman–Crippen LogP) is 2.25. The lowest BCUT2D eigenvalue weighted by molar-refractivity contribution is 0.132. The fourth-order valence-electron chi connectivity index (χ4n) is 2.69. The molecule has 1 aromatic carbocycles. The molecule has 4 rings (SSSR count). The Kier molecular flexibility index (Phi) is 7.78. The molecule has 3 heterocycles. The van der Waals surface area contributed by atoms with E-state index in [0.29, 0.717) is 58.6 Å². The molecular formula is C19H19ClN8O4S. The first-order chi connectivity index (χ1) is 16.2. The van der Waals surface area contributed by atoms with Crippen molar-refractivity contribution in [3.63, 3.8) is 0 Å². The Morgan fingerprint density at radius 2 is 1.61 bits per heavy atom. The van der Waals surface area contributed by atoms with Gasteiger partial charge in [0.05, 0.1) is 36.1 Å². The first kappa shape index (κ1) is 23.0. The molecule has 0 saturated carbocycles. The van der Waals surface area contributed by atoms with Gasteiger partial charge in [-0.15, -0.1) is 5.10 Å². The van der Waals surface area contributed by atoms with E-state index in [1.807, 2.05) is 6.07 Å². The molecule has 0 spiro atoms. The molecule has 33 heavy (non-hydrogen) atoms. The molecule has 0 radical (unpaired) electrons. The Labute approximate surface area is 197 Å². The molecule has 3 aromatic heterocycles. The van der Waals surface area contributed by atoms with Crippen LogP contribution in [0.1, 0.15) is 0 Å². The zero-order valence-electron chi connectivity index (χ0n) is 17.7. The van der Waals surface area contributed by atoms with E-state index in [9.17, 15) is 0 Å². The first-order valence-electron chi connectivity index (χ1n) is 9.66. The standard InChI is InChI=1S/C19H19ClN8O4S/c1-29-3-5-31-15-7-13-14(8-16(15)32-6-4-30-2)23-11-24-17(13)33-19-25-26-27-28(19)18-21-9-12(20)10-22-18/h7-11H,3-6H2,1-2H3. The van der Waals surface area contributed by atoms with Gasteiger partial charge in [0, 0.05) is 25.7 Å². The number of nitrogens with zero attached hydrogens (tertiary/aromatic N) is 8. The molecule has 0 saturated heterocycles. The lowest BCUT2D eigenvalue weighted by atomic mass is 10.2. The van der Waals surface area contributed by atoms with Crippen molar-refractivity contribution in [2.45, 2.75) is 10.2 Å². The highest BCUT2D eigenvalue weighted by atomic mass is 35.5. The fourth-order valence-corrected chi connectivity index (χ4v) is 3.61. The van der Waals surface area contributed by atoms with E-state index in [2.05, 4.69) is 35.5 Å². The van der Waals surface area contributed by atoms with Crippen LogP contribution in [0.2, 0.25) is 5.02 Å². The minimum Gasteiger partial charge on any atom is -0.487 e. The van der Waals surface area contributed by atoms with Crippen molar-refractivity contribution in [3.05, 3.63) is 35.9 Å². The summed E-state index contributed by atoms with van der Waals surface area (Å²) >= 11 is 7.11. The van der Waals surface area contributed by atoms with E-state index in [4.69, 9.17) is 30.5 Å². The second kappa shape index (κ2) is 11.1. The van der Waals surface area contributed by atoms with E-state index in [-0.39, 0.29) is 5.95 Å². The van der Waals surface area contributed by atoms with Crippen molar-refractivity contribution in [1.82, 2.24) is 40.1 Å². The average molecular weight is 491 g/mol. The normalized spacial score (nSPS) is 11.1. The smallest absolute Gasteiger partial charge is 0.254 e. The number of tetrazole rings is 1. The molecule has 0 unspecified atom stereocenters. The lowest BCUT2D eigenvalue weighted by Crippen LogP contribution is -2.09. The third-order valence-corrected chi connectivity index (χ3v) is 5.33. The van der Waals surface area contributed by atoms with Crippen LogP contribution >= 0.6 is 23.4 Å². The van der Waals surface area contributed by atoms with Crippen LogP contribution in [0.5, 0.6) is 11.5 Å². The molecule has 0 N–H and O–H groups in total. The molecule has 0 aliphatic heterocycles. The number of hydrogen-bond acceptors (Lipinski definition) is 12. The molecule has 4 aromatic rings. The van der Waals surface area contributed by atoms with E-state index in [0.717, 1.165) is 5.39 Å². The Morgan fingerprint density at radius 1 is 0.909 bits per heavy atom. The molecule has 0 bridgehead atoms. The molecule has 12 nitrogen and oxygen atoms in total. The van der Waals surface area contributed by atoms with Gasteiger partial charge in [0.1, 0.15) is 24.6 Å².